The molecular weight excluding hydrogens is 230 g/mol. The average Bonchev–Trinajstić information content (AvgIpc) is 2.87. The Kier molecular flexibility index (Phi) is 3.16. The Morgan fingerprint density at radius 1 is 1.41 bits per heavy atom. The summed E-state index contributed by atoms with van der Waals surface area (Å²) in [6.07, 6.45) is -3.08. The number of aliphatic hydroxyl groups excluding tert-OH is 3. The molecule has 7 heteroatoms. The van der Waals surface area contributed by atoms with E-state index in [-0.39, 0.29) is 11.3 Å². The van der Waals surface area contributed by atoms with Gasteiger partial charge in [0.25, 0.3) is 5.91 Å². The van der Waals surface area contributed by atoms with Gasteiger partial charge >= 0.3 is 0 Å². The van der Waals surface area contributed by atoms with E-state index in [0.717, 1.165) is 6.26 Å². The summed E-state index contributed by atoms with van der Waals surface area (Å²) in [5, 5.41) is 28.1. The fraction of sp³-hybridized carbons (Fsp3) is 0.500. The molecular formula is C10H13NO6. The van der Waals surface area contributed by atoms with Gasteiger partial charge in [0.15, 0.2) is 0 Å². The number of carbonyl (C=O) groups is 1. The highest BCUT2D eigenvalue weighted by Crippen LogP contribution is 2.34. The summed E-state index contributed by atoms with van der Waals surface area (Å²) in [4.78, 5) is 10.9. The van der Waals surface area contributed by atoms with Gasteiger partial charge in [-0.2, -0.15) is 0 Å². The highest BCUT2D eigenvalue weighted by atomic mass is 16.6. The van der Waals surface area contributed by atoms with Crippen molar-refractivity contribution in [2.24, 2.45) is 5.73 Å². The van der Waals surface area contributed by atoms with Crippen LogP contribution in [0.4, 0.5) is 0 Å². The molecule has 1 saturated heterocycles. The molecule has 0 bridgehead atoms. The Labute approximate surface area is 96.4 Å². The topological polar surface area (TPSA) is 126 Å². The van der Waals surface area contributed by atoms with Gasteiger partial charge in [0.05, 0.1) is 12.2 Å². The van der Waals surface area contributed by atoms with E-state index in [1.165, 1.54) is 6.07 Å². The van der Waals surface area contributed by atoms with E-state index in [4.69, 9.17) is 20.0 Å². The molecule has 1 aliphatic rings. The lowest BCUT2D eigenvalue weighted by Crippen LogP contribution is -2.32. The predicted octanol–water partition coefficient (Wildman–Crippen LogP) is -1.47. The fourth-order valence-corrected chi connectivity index (χ4v) is 1.77. The van der Waals surface area contributed by atoms with Gasteiger partial charge in [0, 0.05) is 0 Å². The van der Waals surface area contributed by atoms with E-state index >= 15 is 0 Å². The maximum absolute atomic E-state index is 10.9. The van der Waals surface area contributed by atoms with Gasteiger partial charge < -0.3 is 30.2 Å². The second kappa shape index (κ2) is 4.46. The molecule has 2 heterocycles. The number of carbonyl (C=O) groups excluding carboxylic acids is 1. The SMILES string of the molecule is NC(=O)c1coc([C@@H]2O[C@H](CO)[C@@H](O)[C@H]2O)c1. The quantitative estimate of drug-likeness (QED) is 0.513. The van der Waals surface area contributed by atoms with E-state index in [9.17, 15) is 15.0 Å². The van der Waals surface area contributed by atoms with Crippen LogP contribution in [0.1, 0.15) is 22.2 Å². The molecule has 1 fully saturated rings. The van der Waals surface area contributed by atoms with Crippen LogP contribution < -0.4 is 5.73 Å². The van der Waals surface area contributed by atoms with Crippen molar-refractivity contribution in [3.05, 3.63) is 23.7 Å². The number of ether oxygens (including phenoxy) is 1. The molecule has 2 rings (SSSR count). The average molecular weight is 243 g/mol. The summed E-state index contributed by atoms with van der Waals surface area (Å²) in [5.74, 6) is -0.479. The lowest BCUT2D eigenvalue weighted by Gasteiger charge is -2.11. The minimum atomic E-state index is -1.22. The first-order chi connectivity index (χ1) is 8.04. The standard InChI is InChI=1S/C10H13NO6/c11-10(15)4-1-5(16-3-4)9-8(14)7(13)6(2-12)17-9/h1,3,6-9,12-14H,2H2,(H2,11,15)/t6-,7-,8-,9+/m1/s1. The number of primary amides is 1. The van der Waals surface area contributed by atoms with Crippen molar-refractivity contribution in [2.75, 3.05) is 6.61 Å². The number of aliphatic hydroxyl groups is 3. The third-order valence-corrected chi connectivity index (χ3v) is 2.73. The highest BCUT2D eigenvalue weighted by molar-refractivity contribution is 5.92. The van der Waals surface area contributed by atoms with E-state index in [1.807, 2.05) is 0 Å². The normalized spacial score (nSPS) is 32.9. The van der Waals surface area contributed by atoms with Gasteiger partial charge in [-0.1, -0.05) is 0 Å². The minimum absolute atomic E-state index is 0.151. The van der Waals surface area contributed by atoms with Gasteiger partial charge in [-0.25, -0.2) is 0 Å². The summed E-state index contributed by atoms with van der Waals surface area (Å²) in [5.41, 5.74) is 5.20. The van der Waals surface area contributed by atoms with Crippen LogP contribution in [0.5, 0.6) is 0 Å². The summed E-state index contributed by atoms with van der Waals surface area (Å²) in [7, 11) is 0. The Bertz CT molecular complexity index is 417. The first-order valence-corrected chi connectivity index (χ1v) is 5.05. The molecule has 1 aliphatic heterocycles. The Balaban J connectivity index is 2.19. The fourth-order valence-electron chi connectivity index (χ4n) is 1.77. The molecule has 0 aromatic carbocycles. The van der Waals surface area contributed by atoms with E-state index in [1.54, 1.807) is 0 Å². The van der Waals surface area contributed by atoms with Crippen LogP contribution in [-0.2, 0) is 4.74 Å². The molecule has 0 spiro atoms. The first kappa shape index (κ1) is 12.1. The summed E-state index contributed by atoms with van der Waals surface area (Å²) < 4.78 is 10.3. The van der Waals surface area contributed by atoms with Crippen molar-refractivity contribution >= 4 is 5.91 Å². The van der Waals surface area contributed by atoms with Crippen LogP contribution in [0.3, 0.4) is 0 Å². The van der Waals surface area contributed by atoms with Crippen molar-refractivity contribution in [3.63, 3.8) is 0 Å². The van der Waals surface area contributed by atoms with E-state index < -0.39 is 36.9 Å². The zero-order valence-electron chi connectivity index (χ0n) is 8.81. The summed E-state index contributed by atoms with van der Waals surface area (Å²) in [6.45, 7) is -0.419. The van der Waals surface area contributed by atoms with Gasteiger partial charge in [-0.15, -0.1) is 0 Å². The minimum Gasteiger partial charge on any atom is -0.466 e. The van der Waals surface area contributed by atoms with E-state index in [0.29, 0.717) is 0 Å². The molecule has 1 amide bonds. The zero-order valence-corrected chi connectivity index (χ0v) is 8.81. The number of nitrogens with two attached hydrogens (primary N) is 1. The van der Waals surface area contributed by atoms with Gasteiger partial charge in [-0.05, 0) is 6.07 Å². The molecule has 1 aromatic rings. The van der Waals surface area contributed by atoms with Gasteiger partial charge in [0.1, 0.15) is 36.4 Å². The lowest BCUT2D eigenvalue weighted by molar-refractivity contribution is -0.0290. The first-order valence-electron chi connectivity index (χ1n) is 5.05. The third kappa shape index (κ3) is 2.05. The van der Waals surface area contributed by atoms with Crippen LogP contribution in [0.15, 0.2) is 16.7 Å². The van der Waals surface area contributed by atoms with Crippen LogP contribution in [0.2, 0.25) is 0 Å². The Morgan fingerprint density at radius 3 is 2.59 bits per heavy atom. The second-order valence-electron chi connectivity index (χ2n) is 3.86. The molecule has 4 atom stereocenters. The molecule has 17 heavy (non-hydrogen) atoms. The molecule has 94 valence electrons. The number of rotatable bonds is 3. The molecule has 5 N–H and O–H groups in total. The third-order valence-electron chi connectivity index (χ3n) is 2.73. The maximum Gasteiger partial charge on any atom is 0.251 e. The summed E-state index contributed by atoms with van der Waals surface area (Å²) >= 11 is 0. The Morgan fingerprint density at radius 2 is 2.12 bits per heavy atom. The molecule has 7 nitrogen and oxygen atoms in total. The van der Waals surface area contributed by atoms with Crippen molar-refractivity contribution in [1.82, 2.24) is 0 Å². The molecule has 0 radical (unpaired) electrons. The lowest BCUT2D eigenvalue weighted by atomic mass is 10.1. The maximum atomic E-state index is 10.9. The Hall–Kier alpha value is -1.41. The molecule has 0 unspecified atom stereocenters. The van der Waals surface area contributed by atoms with Crippen molar-refractivity contribution < 1.29 is 29.3 Å². The number of hydrogen-bond acceptors (Lipinski definition) is 6. The molecule has 0 saturated carbocycles. The summed E-state index contributed by atoms with van der Waals surface area (Å²) in [6, 6.07) is 1.34. The van der Waals surface area contributed by atoms with Crippen LogP contribution >= 0.6 is 0 Å². The smallest absolute Gasteiger partial charge is 0.251 e. The number of amides is 1. The highest BCUT2D eigenvalue weighted by Gasteiger charge is 2.44. The van der Waals surface area contributed by atoms with Crippen molar-refractivity contribution in [3.8, 4) is 0 Å². The second-order valence-corrected chi connectivity index (χ2v) is 3.86. The molecule has 0 aliphatic carbocycles. The largest absolute Gasteiger partial charge is 0.466 e. The van der Waals surface area contributed by atoms with Crippen molar-refractivity contribution in [2.45, 2.75) is 24.4 Å². The number of furan rings is 1. The van der Waals surface area contributed by atoms with E-state index in [2.05, 4.69) is 0 Å². The van der Waals surface area contributed by atoms with Crippen LogP contribution in [0, 0.1) is 0 Å². The predicted molar refractivity (Wildman–Crippen MR) is 53.9 cm³/mol. The zero-order chi connectivity index (χ0) is 12.6. The van der Waals surface area contributed by atoms with Gasteiger partial charge in [-0.3, -0.25) is 4.79 Å². The number of hydrogen-bond donors (Lipinski definition) is 4. The monoisotopic (exact) mass is 243 g/mol. The molecule has 1 aromatic heterocycles. The van der Waals surface area contributed by atoms with Crippen LogP contribution in [-0.4, -0.2) is 46.1 Å². The van der Waals surface area contributed by atoms with Crippen LogP contribution in [0.25, 0.3) is 0 Å². The van der Waals surface area contributed by atoms with Crippen molar-refractivity contribution in [1.29, 1.82) is 0 Å². The van der Waals surface area contributed by atoms with Gasteiger partial charge in [0.2, 0.25) is 0 Å².